The number of ether oxygens (including phenoxy) is 2. The number of carbonyl (C=O) groups is 4. The number of carbonyl (C=O) groups excluding carboxylic acids is 4. The number of nitrogens with one attached hydrogen (secondary N) is 2. The van der Waals surface area contributed by atoms with Gasteiger partial charge in [0.1, 0.15) is 5.00 Å². The van der Waals surface area contributed by atoms with E-state index in [0.717, 1.165) is 11.3 Å². The SMILES string of the molecule is CCOC(=O)c1c(NC(=O)COC(=O)c2oc3c(F)cccc3c2C)sc(C(=O)NC)c1C. The maximum absolute atomic E-state index is 13.9. The predicted molar refractivity (Wildman–Crippen MR) is 118 cm³/mol. The first-order chi connectivity index (χ1) is 15.7. The minimum absolute atomic E-state index is 0.0451. The molecule has 174 valence electrons. The summed E-state index contributed by atoms with van der Waals surface area (Å²) in [5.41, 5.74) is 0.693. The highest BCUT2D eigenvalue weighted by Crippen LogP contribution is 2.34. The number of anilines is 1. The van der Waals surface area contributed by atoms with Gasteiger partial charge < -0.3 is 24.5 Å². The summed E-state index contributed by atoms with van der Waals surface area (Å²) in [5, 5.41) is 5.45. The van der Waals surface area contributed by atoms with Crippen LogP contribution in [0.3, 0.4) is 0 Å². The second-order valence-corrected chi connectivity index (χ2v) is 7.88. The van der Waals surface area contributed by atoms with Crippen molar-refractivity contribution in [2.45, 2.75) is 20.8 Å². The fourth-order valence-corrected chi connectivity index (χ4v) is 4.30. The Bertz CT molecular complexity index is 1260. The van der Waals surface area contributed by atoms with E-state index in [4.69, 9.17) is 13.9 Å². The van der Waals surface area contributed by atoms with Crippen molar-refractivity contribution >= 4 is 51.1 Å². The van der Waals surface area contributed by atoms with Crippen molar-refractivity contribution in [2.24, 2.45) is 0 Å². The van der Waals surface area contributed by atoms with E-state index in [2.05, 4.69) is 10.6 Å². The van der Waals surface area contributed by atoms with Crippen LogP contribution in [0.25, 0.3) is 11.0 Å². The van der Waals surface area contributed by atoms with Gasteiger partial charge in [-0.1, -0.05) is 12.1 Å². The van der Waals surface area contributed by atoms with Gasteiger partial charge in [0.05, 0.1) is 17.0 Å². The molecule has 0 fully saturated rings. The number of para-hydroxylation sites is 1. The number of hydrogen-bond acceptors (Lipinski definition) is 8. The monoisotopic (exact) mass is 476 g/mol. The van der Waals surface area contributed by atoms with Crippen LogP contribution in [0.5, 0.6) is 0 Å². The molecule has 2 N–H and O–H groups in total. The smallest absolute Gasteiger partial charge is 0.375 e. The van der Waals surface area contributed by atoms with Crippen molar-refractivity contribution in [1.82, 2.24) is 5.32 Å². The van der Waals surface area contributed by atoms with E-state index in [1.807, 2.05) is 0 Å². The van der Waals surface area contributed by atoms with Gasteiger partial charge in [0.25, 0.3) is 11.8 Å². The number of furan rings is 1. The molecule has 0 unspecified atom stereocenters. The zero-order chi connectivity index (χ0) is 24.3. The third-order valence-electron chi connectivity index (χ3n) is 4.75. The summed E-state index contributed by atoms with van der Waals surface area (Å²) in [6.45, 7) is 4.16. The number of thiophene rings is 1. The van der Waals surface area contributed by atoms with Crippen LogP contribution >= 0.6 is 11.3 Å². The summed E-state index contributed by atoms with van der Waals surface area (Å²) in [4.78, 5) is 49.5. The van der Waals surface area contributed by atoms with Gasteiger partial charge in [-0.3, -0.25) is 9.59 Å². The van der Waals surface area contributed by atoms with Gasteiger partial charge in [-0.05, 0) is 32.4 Å². The van der Waals surface area contributed by atoms with E-state index in [1.165, 1.54) is 19.2 Å². The quantitative estimate of drug-likeness (QED) is 0.500. The molecule has 0 atom stereocenters. The van der Waals surface area contributed by atoms with E-state index in [-0.39, 0.29) is 33.4 Å². The van der Waals surface area contributed by atoms with Crippen molar-refractivity contribution in [3.8, 4) is 0 Å². The molecule has 2 heterocycles. The lowest BCUT2D eigenvalue weighted by Gasteiger charge is -2.07. The number of amides is 2. The van der Waals surface area contributed by atoms with Crippen LogP contribution < -0.4 is 10.6 Å². The second kappa shape index (κ2) is 9.82. The fraction of sp³-hybridized carbons (Fsp3) is 0.273. The van der Waals surface area contributed by atoms with Crippen LogP contribution in [0, 0.1) is 19.7 Å². The molecular weight excluding hydrogens is 455 g/mol. The topological polar surface area (TPSA) is 124 Å². The number of halogens is 1. The lowest BCUT2D eigenvalue weighted by atomic mass is 10.1. The number of hydrogen-bond donors (Lipinski definition) is 2. The molecular formula is C22H21FN2O7S. The standard InChI is InChI=1S/C22H21FN2O7S/c1-5-30-21(28)15-11(3)18(19(27)24-4)33-20(15)25-14(26)9-31-22(29)16-10(2)12-7-6-8-13(23)17(12)32-16/h6-8H,5,9H2,1-4H3,(H,24,27)(H,25,26). The van der Waals surface area contributed by atoms with Crippen LogP contribution in [-0.4, -0.2) is 44.0 Å². The summed E-state index contributed by atoms with van der Waals surface area (Å²) in [7, 11) is 1.44. The Morgan fingerprint density at radius 3 is 2.45 bits per heavy atom. The van der Waals surface area contributed by atoms with Crippen LogP contribution in [0.1, 0.15) is 48.6 Å². The first-order valence-electron chi connectivity index (χ1n) is 9.86. The Morgan fingerprint density at radius 2 is 1.82 bits per heavy atom. The summed E-state index contributed by atoms with van der Waals surface area (Å²) in [5.74, 6) is -3.67. The molecule has 9 nitrogen and oxygen atoms in total. The first kappa shape index (κ1) is 23.9. The van der Waals surface area contributed by atoms with Crippen molar-refractivity contribution in [3.63, 3.8) is 0 Å². The van der Waals surface area contributed by atoms with Gasteiger partial charge in [0.15, 0.2) is 18.0 Å². The minimum Gasteiger partial charge on any atom is -0.462 e. The van der Waals surface area contributed by atoms with E-state index in [9.17, 15) is 23.6 Å². The fourth-order valence-electron chi connectivity index (χ4n) is 3.14. The van der Waals surface area contributed by atoms with Gasteiger partial charge >= 0.3 is 11.9 Å². The van der Waals surface area contributed by atoms with Crippen LogP contribution in [0.15, 0.2) is 22.6 Å². The van der Waals surface area contributed by atoms with E-state index < -0.39 is 36.2 Å². The highest BCUT2D eigenvalue weighted by molar-refractivity contribution is 7.18. The largest absolute Gasteiger partial charge is 0.462 e. The number of rotatable bonds is 7. The van der Waals surface area contributed by atoms with Gasteiger partial charge in [0, 0.05) is 18.0 Å². The van der Waals surface area contributed by atoms with Crippen LogP contribution in [0.2, 0.25) is 0 Å². The van der Waals surface area contributed by atoms with E-state index in [0.29, 0.717) is 16.5 Å². The Balaban J connectivity index is 1.76. The highest BCUT2D eigenvalue weighted by atomic mass is 32.1. The third-order valence-corrected chi connectivity index (χ3v) is 5.95. The first-order valence-corrected chi connectivity index (χ1v) is 10.7. The maximum atomic E-state index is 13.9. The third kappa shape index (κ3) is 4.72. The van der Waals surface area contributed by atoms with Gasteiger partial charge in [-0.2, -0.15) is 0 Å². The number of esters is 2. The summed E-state index contributed by atoms with van der Waals surface area (Å²) in [6.07, 6.45) is 0. The molecule has 0 radical (unpaired) electrons. The minimum atomic E-state index is -0.947. The van der Waals surface area contributed by atoms with Gasteiger partial charge in [-0.15, -0.1) is 11.3 Å². The molecule has 2 amide bonds. The summed E-state index contributed by atoms with van der Waals surface area (Å²) in [6, 6.07) is 4.28. The predicted octanol–water partition coefficient (Wildman–Crippen LogP) is 3.58. The van der Waals surface area contributed by atoms with Crippen molar-refractivity contribution < 1.29 is 37.5 Å². The molecule has 0 saturated carbocycles. The van der Waals surface area contributed by atoms with Crippen molar-refractivity contribution in [2.75, 3.05) is 25.6 Å². The lowest BCUT2D eigenvalue weighted by molar-refractivity contribution is -0.119. The van der Waals surface area contributed by atoms with Gasteiger partial charge in [0.2, 0.25) is 5.76 Å². The maximum Gasteiger partial charge on any atom is 0.375 e. The average Bonchev–Trinajstić information content (AvgIpc) is 3.29. The molecule has 3 rings (SSSR count). The van der Waals surface area contributed by atoms with Crippen LogP contribution in [0.4, 0.5) is 9.39 Å². The zero-order valence-electron chi connectivity index (χ0n) is 18.3. The second-order valence-electron chi connectivity index (χ2n) is 6.86. The lowest BCUT2D eigenvalue weighted by Crippen LogP contribution is -2.22. The number of benzene rings is 1. The molecule has 2 aromatic heterocycles. The molecule has 0 aliphatic rings. The Morgan fingerprint density at radius 1 is 1.09 bits per heavy atom. The highest BCUT2D eigenvalue weighted by Gasteiger charge is 2.27. The number of fused-ring (bicyclic) bond motifs is 1. The Labute approximate surface area is 191 Å². The molecule has 0 aliphatic heterocycles. The molecule has 33 heavy (non-hydrogen) atoms. The van der Waals surface area contributed by atoms with E-state index in [1.54, 1.807) is 26.8 Å². The average molecular weight is 476 g/mol. The Hall–Kier alpha value is -3.73. The molecule has 0 aliphatic carbocycles. The molecule has 11 heteroatoms. The zero-order valence-corrected chi connectivity index (χ0v) is 19.1. The number of aryl methyl sites for hydroxylation is 1. The van der Waals surface area contributed by atoms with E-state index >= 15 is 0 Å². The Kier molecular flexibility index (Phi) is 7.12. The molecule has 1 aromatic carbocycles. The molecule has 0 bridgehead atoms. The normalized spacial score (nSPS) is 10.7. The molecule has 0 spiro atoms. The van der Waals surface area contributed by atoms with Crippen molar-refractivity contribution in [1.29, 1.82) is 0 Å². The molecule has 0 saturated heterocycles. The van der Waals surface area contributed by atoms with Crippen molar-refractivity contribution in [3.05, 3.63) is 51.3 Å². The van der Waals surface area contributed by atoms with Gasteiger partial charge in [-0.25, -0.2) is 14.0 Å². The van der Waals surface area contributed by atoms with Crippen LogP contribution in [-0.2, 0) is 14.3 Å². The summed E-state index contributed by atoms with van der Waals surface area (Å²) < 4.78 is 29.2. The molecule has 3 aromatic rings. The summed E-state index contributed by atoms with van der Waals surface area (Å²) >= 11 is 0.893.